The van der Waals surface area contributed by atoms with Gasteiger partial charge in [0.2, 0.25) is 0 Å². The van der Waals surface area contributed by atoms with Crippen LogP contribution in [-0.4, -0.2) is 25.8 Å². The molecule has 5 rings (SSSR count). The molecule has 0 N–H and O–H groups in total. The highest BCUT2D eigenvalue weighted by molar-refractivity contribution is 5.73. The van der Waals surface area contributed by atoms with Gasteiger partial charge in [0.05, 0.1) is 25.2 Å². The lowest BCUT2D eigenvalue weighted by Crippen LogP contribution is -2.39. The Kier molecular flexibility index (Phi) is 4.31. The summed E-state index contributed by atoms with van der Waals surface area (Å²) >= 11 is 0. The Balaban J connectivity index is 1.82. The fourth-order valence-electron chi connectivity index (χ4n) is 3.94. The van der Waals surface area contributed by atoms with Gasteiger partial charge in [0.1, 0.15) is 5.75 Å². The van der Waals surface area contributed by atoms with E-state index in [0.29, 0.717) is 22.6 Å². The quantitative estimate of drug-likeness (QED) is 0.514. The molecule has 1 unspecified atom stereocenters. The molecule has 7 nitrogen and oxygen atoms in total. The van der Waals surface area contributed by atoms with Crippen LogP contribution in [0.15, 0.2) is 70.5 Å². The third-order valence-electron chi connectivity index (χ3n) is 5.73. The fourth-order valence-corrected chi connectivity index (χ4v) is 3.94. The van der Waals surface area contributed by atoms with Gasteiger partial charge in [-0.3, -0.25) is 9.36 Å². The Hall–Kier alpha value is -3.61. The minimum absolute atomic E-state index is 0.0540. The molecule has 152 valence electrons. The van der Waals surface area contributed by atoms with Gasteiger partial charge in [-0.2, -0.15) is 0 Å². The molecule has 2 aromatic heterocycles. The topological polar surface area (TPSA) is 71.1 Å². The van der Waals surface area contributed by atoms with Crippen molar-refractivity contribution in [3.63, 3.8) is 0 Å². The molecular weight excluding hydrogens is 380 g/mol. The first-order valence-electron chi connectivity index (χ1n) is 10.0. The molecule has 2 heterocycles. The second-order valence-corrected chi connectivity index (χ2v) is 7.64. The molecule has 1 fully saturated rings. The molecule has 7 heteroatoms. The van der Waals surface area contributed by atoms with Crippen molar-refractivity contribution in [2.75, 3.05) is 7.11 Å². The average Bonchev–Trinajstić information content (AvgIpc) is 3.51. The molecule has 0 bridgehead atoms. The number of aromatic nitrogens is 4. The monoisotopic (exact) mass is 402 g/mol. The van der Waals surface area contributed by atoms with Crippen molar-refractivity contribution in [1.82, 2.24) is 18.7 Å². The van der Waals surface area contributed by atoms with E-state index < -0.39 is 0 Å². The number of imidazole rings is 1. The zero-order valence-electron chi connectivity index (χ0n) is 16.9. The van der Waals surface area contributed by atoms with Crippen molar-refractivity contribution in [2.24, 2.45) is 0 Å². The highest BCUT2D eigenvalue weighted by Gasteiger charge is 2.31. The summed E-state index contributed by atoms with van der Waals surface area (Å²) in [6.45, 7) is 2.03. The van der Waals surface area contributed by atoms with Crippen molar-refractivity contribution in [3.05, 3.63) is 87.3 Å². The summed E-state index contributed by atoms with van der Waals surface area (Å²) in [5.41, 5.74) is 1.83. The van der Waals surface area contributed by atoms with Gasteiger partial charge in [-0.15, -0.1) is 0 Å². The molecule has 1 atom stereocenters. The molecule has 2 aromatic carbocycles. The smallest absolute Gasteiger partial charge is 0.337 e. The number of ether oxygens (including phenoxy) is 1. The van der Waals surface area contributed by atoms with E-state index in [1.165, 1.54) is 9.13 Å². The molecule has 0 amide bonds. The van der Waals surface area contributed by atoms with Gasteiger partial charge in [0.15, 0.2) is 11.2 Å². The SMILES string of the molecule is COc1cccc(-n2c(=O)n(C3CC3)c(=O)c3c2ncn3C(C)c2ccccc2)c1. The van der Waals surface area contributed by atoms with E-state index in [4.69, 9.17) is 4.74 Å². The number of nitrogens with zero attached hydrogens (tertiary/aromatic N) is 4. The number of hydrogen-bond acceptors (Lipinski definition) is 4. The molecule has 1 aliphatic rings. The first kappa shape index (κ1) is 18.4. The van der Waals surface area contributed by atoms with Gasteiger partial charge >= 0.3 is 5.69 Å². The maximum atomic E-state index is 13.4. The lowest BCUT2D eigenvalue weighted by Gasteiger charge is -2.16. The summed E-state index contributed by atoms with van der Waals surface area (Å²) in [4.78, 5) is 31.3. The molecule has 4 aromatic rings. The number of fused-ring (bicyclic) bond motifs is 1. The number of benzene rings is 2. The minimum Gasteiger partial charge on any atom is -0.497 e. The van der Waals surface area contributed by atoms with E-state index in [-0.39, 0.29) is 23.3 Å². The van der Waals surface area contributed by atoms with Gasteiger partial charge in [0.25, 0.3) is 5.56 Å². The summed E-state index contributed by atoms with van der Waals surface area (Å²) in [6, 6.07) is 17.0. The van der Waals surface area contributed by atoms with E-state index >= 15 is 0 Å². The molecule has 0 aliphatic heterocycles. The molecular formula is C23H22N4O3. The Morgan fingerprint density at radius 2 is 1.83 bits per heavy atom. The maximum Gasteiger partial charge on any atom is 0.337 e. The van der Waals surface area contributed by atoms with E-state index in [9.17, 15) is 9.59 Å². The molecule has 0 spiro atoms. The van der Waals surface area contributed by atoms with Crippen LogP contribution in [-0.2, 0) is 0 Å². The molecule has 1 saturated carbocycles. The Bertz CT molecular complexity index is 1350. The number of rotatable bonds is 5. The zero-order valence-corrected chi connectivity index (χ0v) is 16.9. The highest BCUT2D eigenvalue weighted by atomic mass is 16.5. The Morgan fingerprint density at radius 1 is 1.07 bits per heavy atom. The van der Waals surface area contributed by atoms with Gasteiger partial charge in [-0.1, -0.05) is 36.4 Å². The normalized spacial score (nSPS) is 14.7. The molecule has 30 heavy (non-hydrogen) atoms. The molecule has 0 saturated heterocycles. The van der Waals surface area contributed by atoms with Crippen LogP contribution in [0.3, 0.4) is 0 Å². The molecule has 1 aliphatic carbocycles. The summed E-state index contributed by atoms with van der Waals surface area (Å²) in [5, 5.41) is 0. The van der Waals surface area contributed by atoms with Crippen LogP contribution < -0.4 is 16.0 Å². The van der Waals surface area contributed by atoms with Crippen molar-refractivity contribution in [2.45, 2.75) is 31.8 Å². The summed E-state index contributed by atoms with van der Waals surface area (Å²) in [7, 11) is 1.58. The first-order valence-corrected chi connectivity index (χ1v) is 10.0. The van der Waals surface area contributed by atoms with E-state index in [0.717, 1.165) is 18.4 Å². The third-order valence-corrected chi connectivity index (χ3v) is 5.73. The summed E-state index contributed by atoms with van der Waals surface area (Å²) in [5.74, 6) is 0.633. The largest absolute Gasteiger partial charge is 0.497 e. The predicted octanol–water partition coefficient (Wildman–Crippen LogP) is 3.30. The average molecular weight is 402 g/mol. The van der Waals surface area contributed by atoms with Crippen LogP contribution in [0.2, 0.25) is 0 Å². The Labute approximate surface area is 172 Å². The van der Waals surface area contributed by atoms with Crippen molar-refractivity contribution in [3.8, 4) is 11.4 Å². The third kappa shape index (κ3) is 2.85. The van der Waals surface area contributed by atoms with Crippen molar-refractivity contribution >= 4 is 11.2 Å². The van der Waals surface area contributed by atoms with E-state index in [1.54, 1.807) is 19.5 Å². The van der Waals surface area contributed by atoms with Crippen LogP contribution in [0.1, 0.15) is 37.4 Å². The van der Waals surface area contributed by atoms with Crippen LogP contribution in [0.4, 0.5) is 0 Å². The van der Waals surface area contributed by atoms with Crippen LogP contribution in [0.5, 0.6) is 5.75 Å². The minimum atomic E-state index is -0.360. The molecule has 0 radical (unpaired) electrons. The Morgan fingerprint density at radius 3 is 2.53 bits per heavy atom. The second-order valence-electron chi connectivity index (χ2n) is 7.64. The van der Waals surface area contributed by atoms with Gasteiger partial charge in [0, 0.05) is 12.1 Å². The standard InChI is InChI=1S/C23H22N4O3/c1-15(16-7-4-3-5-8-16)25-14-24-21-20(25)22(28)27(17-11-12-17)23(29)26(21)18-9-6-10-19(13-18)30-2/h3-10,13-15,17H,11-12H2,1-2H3. The van der Waals surface area contributed by atoms with E-state index in [2.05, 4.69) is 4.98 Å². The summed E-state index contributed by atoms with van der Waals surface area (Å²) < 4.78 is 10.1. The van der Waals surface area contributed by atoms with Crippen molar-refractivity contribution < 1.29 is 4.74 Å². The van der Waals surface area contributed by atoms with Crippen molar-refractivity contribution in [1.29, 1.82) is 0 Å². The van der Waals surface area contributed by atoms with Gasteiger partial charge in [-0.05, 0) is 37.5 Å². The second kappa shape index (κ2) is 7.02. The highest BCUT2D eigenvalue weighted by Crippen LogP contribution is 2.33. The van der Waals surface area contributed by atoms with Crippen LogP contribution >= 0.6 is 0 Å². The van der Waals surface area contributed by atoms with Crippen LogP contribution in [0, 0.1) is 0 Å². The maximum absolute atomic E-state index is 13.4. The van der Waals surface area contributed by atoms with E-state index in [1.807, 2.05) is 60.0 Å². The number of hydrogen-bond donors (Lipinski definition) is 0. The van der Waals surface area contributed by atoms with Gasteiger partial charge in [-0.25, -0.2) is 14.3 Å². The van der Waals surface area contributed by atoms with Gasteiger partial charge < -0.3 is 9.30 Å². The number of methoxy groups -OCH3 is 1. The lowest BCUT2D eigenvalue weighted by atomic mass is 10.1. The summed E-state index contributed by atoms with van der Waals surface area (Å²) in [6.07, 6.45) is 3.32. The van der Waals surface area contributed by atoms with Crippen LogP contribution in [0.25, 0.3) is 16.9 Å². The predicted molar refractivity (Wildman–Crippen MR) is 115 cm³/mol. The lowest BCUT2D eigenvalue weighted by molar-refractivity contribution is 0.414. The first-order chi connectivity index (χ1) is 14.6. The fraction of sp³-hybridized carbons (Fsp3) is 0.261. The zero-order chi connectivity index (χ0) is 20.8.